The van der Waals surface area contributed by atoms with Crippen LogP contribution >= 0.6 is 0 Å². The van der Waals surface area contributed by atoms with Gasteiger partial charge in [-0.1, -0.05) is 212 Å². The van der Waals surface area contributed by atoms with Gasteiger partial charge in [0, 0.05) is 11.1 Å². The lowest BCUT2D eigenvalue weighted by molar-refractivity contribution is 0.878. The summed E-state index contributed by atoms with van der Waals surface area (Å²) in [6.07, 6.45) is -0.483. The number of aromatic nitrogens is 2. The second kappa shape index (κ2) is 17.6. The zero-order valence-electron chi connectivity index (χ0n) is 34.2. The number of nitrogens with one attached hydrogen (secondary N) is 2. The lowest BCUT2D eigenvalue weighted by atomic mass is 10.00. The van der Waals surface area contributed by atoms with Crippen LogP contribution in [0.4, 0.5) is 0 Å². The van der Waals surface area contributed by atoms with E-state index < -0.39 is 6.17 Å². The predicted molar refractivity (Wildman–Crippen MR) is 257 cm³/mol. The minimum Gasteiger partial charge on any atom is -0.438 e. The molecule has 7 nitrogen and oxygen atoms in total. The Hall–Kier alpha value is -8.55. The Labute approximate surface area is 366 Å². The van der Waals surface area contributed by atoms with Crippen LogP contribution in [0.25, 0.3) is 61.2 Å². The summed E-state index contributed by atoms with van der Waals surface area (Å²) < 4.78 is 0. The summed E-state index contributed by atoms with van der Waals surface area (Å²) >= 11 is 0. The molecule has 0 radical (unpaired) electrons. The lowest BCUT2D eigenvalue weighted by Gasteiger charge is -2.32. The minimum atomic E-state index is -0.483. The third-order valence-electron chi connectivity index (χ3n) is 11.0. The van der Waals surface area contributed by atoms with Gasteiger partial charge in [0.2, 0.25) is 5.62 Å². The first-order valence-corrected chi connectivity index (χ1v) is 20.8. The van der Waals surface area contributed by atoms with E-state index in [9.17, 15) is 0 Å². The minimum absolute atomic E-state index is 0.109. The van der Waals surface area contributed by atoms with Crippen molar-refractivity contribution in [1.29, 1.82) is 5.41 Å². The molecule has 0 amide bonds. The topological polar surface area (TPSA) is 104 Å². The van der Waals surface area contributed by atoms with E-state index in [1.165, 1.54) is 0 Å². The molecule has 1 aromatic heterocycles. The Morgan fingerprint density at radius 3 is 1.59 bits per heavy atom. The first-order chi connectivity index (χ1) is 31.1. The molecular weight excluding hydrogens is 771 g/mol. The molecule has 0 bridgehead atoms. The fourth-order valence-electron chi connectivity index (χ4n) is 7.68. The van der Waals surface area contributed by atoms with Crippen LogP contribution in [0.2, 0.25) is 0 Å². The predicted octanol–water partition coefficient (Wildman–Crippen LogP) is 13.0. The van der Waals surface area contributed by atoms with Crippen LogP contribution in [-0.2, 0) is 0 Å². The molecule has 7 heteroatoms. The number of aromatic amines is 1. The molecule has 8 aromatic carbocycles. The maximum absolute atomic E-state index is 8.94. The molecule has 63 heavy (non-hydrogen) atoms. The summed E-state index contributed by atoms with van der Waals surface area (Å²) in [5.74, 6) is 1.36. The van der Waals surface area contributed by atoms with Crippen molar-refractivity contribution in [2.75, 3.05) is 0 Å². The summed E-state index contributed by atoms with van der Waals surface area (Å²) in [6, 6.07) is 75.8. The molecule has 2 N–H and O–H groups in total. The summed E-state index contributed by atoms with van der Waals surface area (Å²) in [5, 5.41) is 14.1. The number of hydrogen-bond acceptors (Lipinski definition) is 4. The second-order valence-corrected chi connectivity index (χ2v) is 15.2. The van der Waals surface area contributed by atoms with Gasteiger partial charge in [0.1, 0.15) is 0 Å². The molecule has 1 aliphatic rings. The maximum Gasteiger partial charge on any atom is 0.229 e. The highest BCUT2D eigenvalue weighted by atomic mass is 15.2. The first-order valence-electron chi connectivity index (χ1n) is 20.8. The Kier molecular flexibility index (Phi) is 10.8. The second-order valence-electron chi connectivity index (χ2n) is 15.2. The SMILES string of the molecule is N=C(N=c1nc(-c2ccccc2)cc(-c2ccccc2)[nH]1)c1ccc(-c2ccc(C3=NC(c4cccc(-c5ccccc5)c4)=NC(c4cccc(-c5ccccc5)c4)[N-]3)cc2)cc1. The van der Waals surface area contributed by atoms with Gasteiger partial charge < -0.3 is 15.3 Å². The zero-order valence-corrected chi connectivity index (χ0v) is 34.2. The van der Waals surface area contributed by atoms with Crippen LogP contribution in [0.1, 0.15) is 28.4 Å². The molecule has 0 fully saturated rings. The third-order valence-corrected chi connectivity index (χ3v) is 11.0. The van der Waals surface area contributed by atoms with Crippen LogP contribution < -0.4 is 5.62 Å². The van der Waals surface area contributed by atoms with E-state index in [-0.39, 0.29) is 5.84 Å². The summed E-state index contributed by atoms with van der Waals surface area (Å²) in [7, 11) is 0. The molecular formula is C56H40N7-. The average Bonchev–Trinajstić information content (AvgIpc) is 3.37. The summed E-state index contributed by atoms with van der Waals surface area (Å²) in [6.45, 7) is 0. The summed E-state index contributed by atoms with van der Waals surface area (Å²) in [4.78, 5) is 23.0. The molecule has 0 aliphatic carbocycles. The van der Waals surface area contributed by atoms with Crippen molar-refractivity contribution in [3.05, 3.63) is 258 Å². The van der Waals surface area contributed by atoms with Crippen LogP contribution in [-0.4, -0.2) is 27.5 Å². The number of nitrogens with zero attached hydrogens (tertiary/aromatic N) is 5. The fraction of sp³-hybridized carbons (Fsp3) is 0.0179. The number of H-pyrrole nitrogens is 1. The van der Waals surface area contributed by atoms with Gasteiger partial charge in [-0.25, -0.2) is 4.98 Å². The van der Waals surface area contributed by atoms with E-state index in [0.717, 1.165) is 72.6 Å². The highest BCUT2D eigenvalue weighted by Crippen LogP contribution is 2.34. The average molecular weight is 811 g/mol. The molecule has 300 valence electrons. The molecule has 9 aromatic rings. The van der Waals surface area contributed by atoms with Gasteiger partial charge >= 0.3 is 0 Å². The normalized spacial score (nSPS) is 13.7. The Balaban J connectivity index is 0.932. The number of benzene rings is 8. The van der Waals surface area contributed by atoms with Crippen LogP contribution in [0.5, 0.6) is 0 Å². The van der Waals surface area contributed by atoms with Gasteiger partial charge in [0.25, 0.3) is 0 Å². The van der Waals surface area contributed by atoms with E-state index in [1.54, 1.807) is 0 Å². The molecule has 1 aliphatic heterocycles. The molecule has 0 saturated heterocycles. The van der Waals surface area contributed by atoms with Crippen molar-refractivity contribution >= 4 is 17.5 Å². The fourth-order valence-corrected chi connectivity index (χ4v) is 7.68. The molecule has 0 saturated carbocycles. The van der Waals surface area contributed by atoms with E-state index in [1.807, 2.05) is 103 Å². The van der Waals surface area contributed by atoms with E-state index in [4.69, 9.17) is 25.7 Å². The van der Waals surface area contributed by atoms with Crippen molar-refractivity contribution in [3.8, 4) is 55.9 Å². The highest BCUT2D eigenvalue weighted by Gasteiger charge is 2.16. The van der Waals surface area contributed by atoms with Crippen LogP contribution in [0.3, 0.4) is 0 Å². The molecule has 0 spiro atoms. The molecule has 1 atom stereocenters. The Morgan fingerprint density at radius 2 is 0.952 bits per heavy atom. The number of amidine groups is 3. The quantitative estimate of drug-likeness (QED) is 0.110. The number of hydrogen-bond donors (Lipinski definition) is 2. The molecule has 1 unspecified atom stereocenters. The van der Waals surface area contributed by atoms with Gasteiger partial charge in [0.15, 0.2) is 5.84 Å². The summed E-state index contributed by atoms with van der Waals surface area (Å²) in [5.41, 5.74) is 14.0. The molecule has 2 heterocycles. The van der Waals surface area contributed by atoms with Crippen molar-refractivity contribution in [2.24, 2.45) is 15.0 Å². The Morgan fingerprint density at radius 1 is 0.460 bits per heavy atom. The van der Waals surface area contributed by atoms with Gasteiger partial charge in [-0.15, -0.1) is 0 Å². The van der Waals surface area contributed by atoms with Gasteiger partial charge in [-0.2, -0.15) is 4.99 Å². The highest BCUT2D eigenvalue weighted by molar-refractivity contribution is 6.19. The smallest absolute Gasteiger partial charge is 0.229 e. The van der Waals surface area contributed by atoms with Crippen molar-refractivity contribution in [3.63, 3.8) is 0 Å². The zero-order chi connectivity index (χ0) is 42.4. The lowest BCUT2D eigenvalue weighted by Crippen LogP contribution is -2.17. The van der Waals surface area contributed by atoms with Gasteiger partial charge in [-0.05, 0) is 73.8 Å². The first kappa shape index (κ1) is 38.6. The maximum atomic E-state index is 8.94. The molecule has 10 rings (SSSR count). The number of rotatable bonds is 9. The largest absolute Gasteiger partial charge is 0.438 e. The van der Waals surface area contributed by atoms with Gasteiger partial charge in [-0.3, -0.25) is 10.4 Å². The standard InChI is InChI=1S/C56H40N7/c57-52(60-56-58-50(42-19-9-3-10-20-42)37-51(59-56)43-21-11-4-12-22-43)44-31-27-40(28-32-44)41-29-33-45(34-30-41)53-61-54(48-25-13-23-46(35-48)38-15-5-1-6-16-38)63-55(62-53)49-26-14-24-47(36-49)39-17-7-2-8-18-39/h1-37,54H,(H2-,57,58,59,60,61,62,63)/q-1. The van der Waals surface area contributed by atoms with Crippen LogP contribution in [0.15, 0.2) is 239 Å². The van der Waals surface area contributed by atoms with E-state index in [0.29, 0.717) is 22.9 Å². The van der Waals surface area contributed by atoms with Crippen molar-refractivity contribution < 1.29 is 0 Å². The number of aliphatic imine (C=N–C) groups is 2. The van der Waals surface area contributed by atoms with Crippen LogP contribution in [0, 0.1) is 5.41 Å². The van der Waals surface area contributed by atoms with E-state index >= 15 is 0 Å². The van der Waals surface area contributed by atoms with Gasteiger partial charge in [0.05, 0.1) is 23.4 Å². The van der Waals surface area contributed by atoms with E-state index in [2.05, 4.69) is 131 Å². The Bertz CT molecular complexity index is 3110. The monoisotopic (exact) mass is 810 g/mol. The third kappa shape index (κ3) is 8.71. The van der Waals surface area contributed by atoms with Crippen molar-refractivity contribution in [2.45, 2.75) is 6.17 Å². The van der Waals surface area contributed by atoms with Crippen molar-refractivity contribution in [1.82, 2.24) is 9.97 Å².